The summed E-state index contributed by atoms with van der Waals surface area (Å²) in [7, 11) is 0. The zero-order valence-corrected chi connectivity index (χ0v) is 17.8. The van der Waals surface area contributed by atoms with E-state index in [1.807, 2.05) is 64.2 Å². The standard InChI is InChI=1S/C24H25N7O/c32-23(21-27-22(17-11-12-17)31(28-21)18-7-2-1-3-8-18)29-13-6-14-30(16-15-29)24-25-19-9-4-5-10-20(19)26-24/h1-5,7-10,17H,6,11-16H2,(H,25,26). The third-order valence-corrected chi connectivity index (χ3v) is 6.23. The van der Waals surface area contributed by atoms with Crippen LogP contribution in [0.2, 0.25) is 0 Å². The SMILES string of the molecule is O=C(c1nc(C2CC2)n(-c2ccccc2)n1)N1CCCN(c2nc3ccccc3[nH]2)CC1. The van der Waals surface area contributed by atoms with Crippen LogP contribution in [0.15, 0.2) is 54.6 Å². The molecule has 0 spiro atoms. The molecule has 0 atom stereocenters. The molecule has 6 rings (SSSR count). The smallest absolute Gasteiger partial charge is 0.293 e. The van der Waals surface area contributed by atoms with E-state index in [-0.39, 0.29) is 5.91 Å². The number of amides is 1. The Morgan fingerprint density at radius 3 is 2.53 bits per heavy atom. The zero-order chi connectivity index (χ0) is 21.5. The molecular weight excluding hydrogens is 402 g/mol. The molecule has 1 aliphatic carbocycles. The van der Waals surface area contributed by atoms with Crippen LogP contribution in [0.1, 0.15) is 41.6 Å². The monoisotopic (exact) mass is 427 g/mol. The lowest BCUT2D eigenvalue weighted by atomic mass is 10.3. The molecule has 8 heteroatoms. The fourth-order valence-corrected chi connectivity index (χ4v) is 4.34. The molecule has 3 heterocycles. The summed E-state index contributed by atoms with van der Waals surface area (Å²) in [4.78, 5) is 30.2. The topological polar surface area (TPSA) is 82.9 Å². The number of hydrogen-bond donors (Lipinski definition) is 1. The van der Waals surface area contributed by atoms with Crippen LogP contribution >= 0.6 is 0 Å². The van der Waals surface area contributed by atoms with Crippen LogP contribution in [0.4, 0.5) is 5.95 Å². The second-order valence-corrected chi connectivity index (χ2v) is 8.53. The number of carbonyl (C=O) groups is 1. The second-order valence-electron chi connectivity index (χ2n) is 8.53. The molecular formula is C24H25N7O. The fourth-order valence-electron chi connectivity index (χ4n) is 4.34. The Morgan fingerprint density at radius 2 is 1.72 bits per heavy atom. The minimum absolute atomic E-state index is 0.0898. The van der Waals surface area contributed by atoms with E-state index in [1.54, 1.807) is 0 Å². The molecule has 1 saturated heterocycles. The van der Waals surface area contributed by atoms with Gasteiger partial charge in [-0.05, 0) is 43.5 Å². The van der Waals surface area contributed by atoms with Gasteiger partial charge in [-0.1, -0.05) is 30.3 Å². The van der Waals surface area contributed by atoms with Gasteiger partial charge in [-0.15, -0.1) is 5.10 Å². The number of aromatic nitrogens is 5. The molecule has 1 saturated carbocycles. The van der Waals surface area contributed by atoms with E-state index in [0.717, 1.165) is 60.8 Å². The number of benzene rings is 2. The minimum atomic E-state index is -0.0898. The van der Waals surface area contributed by atoms with Crippen LogP contribution in [0.3, 0.4) is 0 Å². The van der Waals surface area contributed by atoms with Gasteiger partial charge in [0.15, 0.2) is 0 Å². The van der Waals surface area contributed by atoms with Gasteiger partial charge in [-0.2, -0.15) is 0 Å². The molecule has 2 aliphatic rings. The largest absolute Gasteiger partial charge is 0.341 e. The molecule has 1 aliphatic heterocycles. The maximum absolute atomic E-state index is 13.3. The van der Waals surface area contributed by atoms with E-state index < -0.39 is 0 Å². The lowest BCUT2D eigenvalue weighted by molar-refractivity contribution is 0.0754. The van der Waals surface area contributed by atoms with E-state index in [9.17, 15) is 4.79 Å². The number of aromatic amines is 1. The summed E-state index contributed by atoms with van der Waals surface area (Å²) < 4.78 is 1.85. The van der Waals surface area contributed by atoms with Gasteiger partial charge in [0.25, 0.3) is 5.91 Å². The summed E-state index contributed by atoms with van der Waals surface area (Å²) in [6, 6.07) is 18.0. The molecule has 2 aromatic carbocycles. The third-order valence-electron chi connectivity index (χ3n) is 6.23. The highest BCUT2D eigenvalue weighted by molar-refractivity contribution is 5.90. The Labute approximate surface area is 185 Å². The zero-order valence-electron chi connectivity index (χ0n) is 17.8. The lowest BCUT2D eigenvalue weighted by Gasteiger charge is -2.20. The van der Waals surface area contributed by atoms with Crippen LogP contribution in [0.5, 0.6) is 0 Å². The van der Waals surface area contributed by atoms with Crippen molar-refractivity contribution in [2.45, 2.75) is 25.2 Å². The average Bonchev–Trinajstić information content (AvgIpc) is 3.51. The Morgan fingerprint density at radius 1 is 0.906 bits per heavy atom. The Hall–Kier alpha value is -3.68. The molecule has 0 bridgehead atoms. The van der Waals surface area contributed by atoms with Crippen molar-refractivity contribution >= 4 is 22.9 Å². The minimum Gasteiger partial charge on any atom is -0.341 e. The van der Waals surface area contributed by atoms with E-state index in [1.165, 1.54) is 0 Å². The number of carbonyl (C=O) groups excluding carboxylic acids is 1. The van der Waals surface area contributed by atoms with Crippen LogP contribution in [-0.4, -0.2) is 61.7 Å². The van der Waals surface area contributed by atoms with Crippen molar-refractivity contribution in [1.82, 2.24) is 29.6 Å². The van der Waals surface area contributed by atoms with Crippen molar-refractivity contribution in [3.8, 4) is 5.69 Å². The van der Waals surface area contributed by atoms with Gasteiger partial charge < -0.3 is 14.8 Å². The van der Waals surface area contributed by atoms with Crippen molar-refractivity contribution in [2.24, 2.45) is 0 Å². The molecule has 1 N–H and O–H groups in total. The molecule has 2 aromatic heterocycles. The molecule has 2 fully saturated rings. The normalized spacial score (nSPS) is 17.0. The van der Waals surface area contributed by atoms with Crippen molar-refractivity contribution in [3.63, 3.8) is 0 Å². The highest BCUT2D eigenvalue weighted by atomic mass is 16.2. The van der Waals surface area contributed by atoms with Gasteiger partial charge in [0.2, 0.25) is 11.8 Å². The molecule has 1 amide bonds. The van der Waals surface area contributed by atoms with Gasteiger partial charge >= 0.3 is 0 Å². The van der Waals surface area contributed by atoms with Crippen LogP contribution in [0.25, 0.3) is 16.7 Å². The van der Waals surface area contributed by atoms with Crippen molar-refractivity contribution < 1.29 is 4.79 Å². The maximum Gasteiger partial charge on any atom is 0.293 e. The Bertz CT molecular complexity index is 1220. The number of imidazole rings is 1. The molecule has 0 unspecified atom stereocenters. The molecule has 8 nitrogen and oxygen atoms in total. The van der Waals surface area contributed by atoms with Gasteiger partial charge in [0.1, 0.15) is 5.82 Å². The number of nitrogens with one attached hydrogen (secondary N) is 1. The summed E-state index contributed by atoms with van der Waals surface area (Å²) in [5.74, 6) is 2.37. The van der Waals surface area contributed by atoms with E-state index >= 15 is 0 Å². The number of nitrogens with zero attached hydrogens (tertiary/aromatic N) is 6. The lowest BCUT2D eigenvalue weighted by Crippen LogP contribution is -2.36. The summed E-state index contributed by atoms with van der Waals surface area (Å²) in [5, 5.41) is 4.64. The molecule has 162 valence electrons. The number of anilines is 1. The van der Waals surface area contributed by atoms with Crippen LogP contribution in [0, 0.1) is 0 Å². The summed E-state index contributed by atoms with van der Waals surface area (Å²) >= 11 is 0. The second kappa shape index (κ2) is 7.78. The van der Waals surface area contributed by atoms with Gasteiger partial charge in [0, 0.05) is 32.1 Å². The molecule has 4 aromatic rings. The first kappa shape index (κ1) is 19.0. The van der Waals surface area contributed by atoms with E-state index in [0.29, 0.717) is 24.8 Å². The highest BCUT2D eigenvalue weighted by Gasteiger charge is 2.33. The molecule has 32 heavy (non-hydrogen) atoms. The first-order valence-electron chi connectivity index (χ1n) is 11.3. The number of hydrogen-bond acceptors (Lipinski definition) is 5. The quantitative estimate of drug-likeness (QED) is 0.540. The van der Waals surface area contributed by atoms with Crippen LogP contribution < -0.4 is 4.90 Å². The summed E-state index contributed by atoms with van der Waals surface area (Å²) in [6.07, 6.45) is 3.09. The highest BCUT2D eigenvalue weighted by Crippen LogP contribution is 2.39. The number of rotatable bonds is 4. The number of para-hydroxylation sites is 3. The van der Waals surface area contributed by atoms with E-state index in [2.05, 4.69) is 20.0 Å². The summed E-state index contributed by atoms with van der Waals surface area (Å²) in [6.45, 7) is 2.88. The van der Waals surface area contributed by atoms with Crippen molar-refractivity contribution in [2.75, 3.05) is 31.1 Å². The van der Waals surface area contributed by atoms with Gasteiger partial charge in [-0.3, -0.25) is 4.79 Å². The van der Waals surface area contributed by atoms with E-state index in [4.69, 9.17) is 4.98 Å². The van der Waals surface area contributed by atoms with Crippen molar-refractivity contribution in [1.29, 1.82) is 0 Å². The van der Waals surface area contributed by atoms with Gasteiger partial charge in [-0.25, -0.2) is 14.6 Å². The maximum atomic E-state index is 13.3. The van der Waals surface area contributed by atoms with Gasteiger partial charge in [0.05, 0.1) is 16.7 Å². The van der Waals surface area contributed by atoms with Crippen molar-refractivity contribution in [3.05, 3.63) is 66.2 Å². The predicted octanol–water partition coefficient (Wildman–Crippen LogP) is 3.37. The Balaban J connectivity index is 1.21. The number of fused-ring (bicyclic) bond motifs is 1. The Kier molecular flexibility index (Phi) is 4.63. The fraction of sp³-hybridized carbons (Fsp3) is 0.333. The summed E-state index contributed by atoms with van der Waals surface area (Å²) in [5.41, 5.74) is 2.94. The number of H-pyrrole nitrogens is 1. The average molecular weight is 428 g/mol. The first-order chi connectivity index (χ1) is 15.8. The third kappa shape index (κ3) is 3.51. The predicted molar refractivity (Wildman–Crippen MR) is 122 cm³/mol. The molecule has 0 radical (unpaired) electrons. The first-order valence-corrected chi connectivity index (χ1v) is 11.3. The van der Waals surface area contributed by atoms with Crippen LogP contribution in [-0.2, 0) is 0 Å².